The van der Waals surface area contributed by atoms with Crippen LogP contribution in [0.15, 0.2) is 65.7 Å². The first-order chi connectivity index (χ1) is 14.6. The molecule has 3 aliphatic heterocycles. The first-order valence-electron chi connectivity index (χ1n) is 9.48. The van der Waals surface area contributed by atoms with Crippen molar-refractivity contribution in [1.82, 2.24) is 14.7 Å². The molecule has 2 aromatic heterocycles. The van der Waals surface area contributed by atoms with Crippen molar-refractivity contribution in [3.63, 3.8) is 0 Å². The quantitative estimate of drug-likeness (QED) is 0.671. The summed E-state index contributed by atoms with van der Waals surface area (Å²) in [6, 6.07) is 8.34. The maximum atomic E-state index is 14.4. The minimum atomic E-state index is -0.558. The highest BCUT2D eigenvalue weighted by Crippen LogP contribution is 2.38. The molecule has 6 rings (SSSR count). The van der Waals surface area contributed by atoms with E-state index in [1.165, 1.54) is 12.1 Å². The lowest BCUT2D eigenvalue weighted by Gasteiger charge is -2.17. The second kappa shape index (κ2) is 5.96. The molecule has 0 aliphatic carbocycles. The van der Waals surface area contributed by atoms with Gasteiger partial charge in [-0.1, -0.05) is 6.07 Å². The van der Waals surface area contributed by atoms with Crippen LogP contribution in [0.1, 0.15) is 16.8 Å². The number of rotatable bonds is 2. The predicted octanol–water partition coefficient (Wildman–Crippen LogP) is 2.22. The standard InChI is InChI=1S/C22H14FN5O2/c23-13-9-12-4-7-27-8-5-24-19(14(10-13)20(12)27)18-17(21(29)26-22(18)30)15-11-25-16-3-1-2-6-28(15)16/h1-3,5-6,8-11H,4,7H2,(H,26,29,30). The van der Waals surface area contributed by atoms with Crippen LogP contribution >= 0.6 is 0 Å². The Labute approximate surface area is 169 Å². The topological polar surface area (TPSA) is 79.1 Å². The highest BCUT2D eigenvalue weighted by molar-refractivity contribution is 6.47. The summed E-state index contributed by atoms with van der Waals surface area (Å²) in [6.07, 6.45) is 7.41. The van der Waals surface area contributed by atoms with Crippen molar-refractivity contribution in [3.8, 4) is 0 Å². The minimum absolute atomic E-state index is 0.122. The first-order valence-corrected chi connectivity index (χ1v) is 9.48. The van der Waals surface area contributed by atoms with Crippen molar-refractivity contribution in [3.05, 3.63) is 83.3 Å². The molecule has 3 aliphatic rings. The lowest BCUT2D eigenvalue weighted by atomic mass is 9.94. The van der Waals surface area contributed by atoms with Crippen molar-refractivity contribution in [2.24, 2.45) is 4.99 Å². The van der Waals surface area contributed by atoms with Crippen LogP contribution in [0, 0.1) is 5.82 Å². The molecule has 0 radical (unpaired) electrons. The Morgan fingerprint density at radius 3 is 2.87 bits per heavy atom. The van der Waals surface area contributed by atoms with Gasteiger partial charge in [0.05, 0.1) is 34.4 Å². The Hall–Kier alpha value is -4.07. The zero-order chi connectivity index (χ0) is 20.4. The molecule has 0 spiro atoms. The zero-order valence-corrected chi connectivity index (χ0v) is 15.6. The number of halogens is 1. The molecule has 146 valence electrons. The number of nitrogens with one attached hydrogen (secondary N) is 1. The van der Waals surface area contributed by atoms with E-state index in [0.29, 0.717) is 29.9 Å². The second-order valence-corrected chi connectivity index (χ2v) is 7.29. The molecule has 0 unspecified atom stereocenters. The lowest BCUT2D eigenvalue weighted by molar-refractivity contribution is -0.123. The summed E-state index contributed by atoms with van der Waals surface area (Å²) in [5.41, 5.74) is 3.87. The van der Waals surface area contributed by atoms with Crippen LogP contribution in [0.2, 0.25) is 0 Å². The Morgan fingerprint density at radius 1 is 1.10 bits per heavy atom. The molecule has 0 bridgehead atoms. The smallest absolute Gasteiger partial charge is 0.261 e. The van der Waals surface area contributed by atoms with Gasteiger partial charge in [0.25, 0.3) is 11.8 Å². The monoisotopic (exact) mass is 399 g/mol. The molecule has 1 N–H and O–H groups in total. The Bertz CT molecular complexity index is 1380. The third-order valence-corrected chi connectivity index (χ3v) is 5.61. The number of hydrogen-bond acceptors (Lipinski definition) is 5. The summed E-state index contributed by atoms with van der Waals surface area (Å²) in [4.78, 5) is 36.5. The normalized spacial score (nSPS) is 17.5. The van der Waals surface area contributed by atoms with Gasteiger partial charge in [-0.3, -0.25) is 24.3 Å². The van der Waals surface area contributed by atoms with E-state index in [0.717, 1.165) is 11.3 Å². The van der Waals surface area contributed by atoms with E-state index in [9.17, 15) is 14.0 Å². The Balaban J connectivity index is 1.65. The van der Waals surface area contributed by atoms with E-state index in [1.807, 2.05) is 29.3 Å². The second-order valence-electron chi connectivity index (χ2n) is 7.29. The van der Waals surface area contributed by atoms with E-state index in [1.54, 1.807) is 23.0 Å². The zero-order valence-electron chi connectivity index (χ0n) is 15.6. The summed E-state index contributed by atoms with van der Waals surface area (Å²) in [6.45, 7) is 0.704. The minimum Gasteiger partial charge on any atom is -0.345 e. The molecule has 7 nitrogen and oxygen atoms in total. The largest absolute Gasteiger partial charge is 0.345 e. The van der Waals surface area contributed by atoms with E-state index >= 15 is 0 Å². The average molecular weight is 399 g/mol. The van der Waals surface area contributed by atoms with E-state index in [2.05, 4.69) is 15.3 Å². The number of benzene rings is 1. The molecule has 1 aromatic carbocycles. The molecule has 30 heavy (non-hydrogen) atoms. The number of nitrogens with zero attached hydrogens (tertiary/aromatic N) is 4. The van der Waals surface area contributed by atoms with Crippen molar-refractivity contribution in [2.45, 2.75) is 6.42 Å². The molecule has 0 saturated carbocycles. The maximum absolute atomic E-state index is 14.4. The predicted molar refractivity (Wildman–Crippen MR) is 108 cm³/mol. The van der Waals surface area contributed by atoms with Gasteiger partial charge >= 0.3 is 0 Å². The van der Waals surface area contributed by atoms with Gasteiger partial charge in [-0.2, -0.15) is 0 Å². The molecule has 2 amide bonds. The van der Waals surface area contributed by atoms with Crippen LogP contribution in [0.25, 0.3) is 11.2 Å². The van der Waals surface area contributed by atoms with Crippen LogP contribution < -0.4 is 10.2 Å². The number of hydrogen-bond donors (Lipinski definition) is 1. The fraction of sp³-hybridized carbons (Fsp3) is 0.0909. The average Bonchev–Trinajstić information content (AvgIpc) is 3.36. The van der Waals surface area contributed by atoms with Crippen molar-refractivity contribution in [2.75, 3.05) is 11.4 Å². The number of anilines is 1. The van der Waals surface area contributed by atoms with Gasteiger partial charge in [-0.25, -0.2) is 9.37 Å². The molecule has 0 fully saturated rings. The summed E-state index contributed by atoms with van der Waals surface area (Å²) in [7, 11) is 0. The van der Waals surface area contributed by atoms with Gasteiger partial charge in [-0.15, -0.1) is 0 Å². The molecular formula is C22H14FN5O2. The van der Waals surface area contributed by atoms with E-state index < -0.39 is 17.6 Å². The first kappa shape index (κ1) is 16.8. The molecule has 0 atom stereocenters. The number of fused-ring (bicyclic) bond motifs is 1. The van der Waals surface area contributed by atoms with Gasteiger partial charge in [-0.05, 0) is 36.2 Å². The number of imidazole rings is 1. The van der Waals surface area contributed by atoms with Gasteiger partial charge in [0.15, 0.2) is 0 Å². The van der Waals surface area contributed by atoms with Crippen LogP contribution in [0.5, 0.6) is 0 Å². The van der Waals surface area contributed by atoms with Gasteiger partial charge < -0.3 is 4.90 Å². The molecule has 3 aromatic rings. The van der Waals surface area contributed by atoms with Gasteiger partial charge in [0, 0.05) is 30.7 Å². The number of carbonyl (C=O) groups excluding carboxylic acids is 2. The number of aromatic nitrogens is 2. The number of aliphatic imine (C=N–C) groups is 1. The molecule has 8 heteroatoms. The van der Waals surface area contributed by atoms with E-state index in [4.69, 9.17) is 0 Å². The van der Waals surface area contributed by atoms with Crippen molar-refractivity contribution in [1.29, 1.82) is 0 Å². The maximum Gasteiger partial charge on any atom is 0.261 e. The highest BCUT2D eigenvalue weighted by Gasteiger charge is 2.38. The number of imide groups is 1. The fourth-order valence-electron chi connectivity index (χ4n) is 4.37. The summed E-state index contributed by atoms with van der Waals surface area (Å²) in [5, 5.41) is 2.37. The summed E-state index contributed by atoms with van der Waals surface area (Å²) in [5.74, 6) is -1.49. The van der Waals surface area contributed by atoms with Crippen molar-refractivity contribution < 1.29 is 14.0 Å². The lowest BCUT2D eigenvalue weighted by Crippen LogP contribution is -2.25. The molecule has 0 saturated heterocycles. The summed E-state index contributed by atoms with van der Waals surface area (Å²) < 4.78 is 16.2. The van der Waals surface area contributed by atoms with Crippen LogP contribution in [-0.4, -0.2) is 33.5 Å². The van der Waals surface area contributed by atoms with E-state index in [-0.39, 0.29) is 16.9 Å². The molecular weight excluding hydrogens is 385 g/mol. The highest BCUT2D eigenvalue weighted by atomic mass is 19.1. The molecule has 5 heterocycles. The number of carbonyl (C=O) groups is 2. The Kier molecular flexibility index (Phi) is 3.35. The third kappa shape index (κ3) is 2.24. The third-order valence-electron chi connectivity index (χ3n) is 5.61. The SMILES string of the molecule is O=C1NC(=O)C(c2cnc3ccccn23)=C1C1=NC=CN2CCc3cc(F)cc1c32. The number of pyridine rings is 1. The van der Waals surface area contributed by atoms with Crippen LogP contribution in [-0.2, 0) is 16.0 Å². The van der Waals surface area contributed by atoms with Crippen molar-refractivity contribution >= 4 is 34.4 Å². The Morgan fingerprint density at radius 2 is 1.97 bits per heavy atom. The van der Waals surface area contributed by atoms with Gasteiger partial charge in [0.2, 0.25) is 0 Å². The number of amides is 2. The summed E-state index contributed by atoms with van der Waals surface area (Å²) >= 11 is 0. The van der Waals surface area contributed by atoms with Gasteiger partial charge in [0.1, 0.15) is 11.5 Å². The fourth-order valence-corrected chi connectivity index (χ4v) is 4.37. The van der Waals surface area contributed by atoms with Crippen LogP contribution in [0.3, 0.4) is 0 Å². The van der Waals surface area contributed by atoms with Crippen LogP contribution in [0.4, 0.5) is 10.1 Å².